The van der Waals surface area contributed by atoms with Crippen molar-refractivity contribution in [3.8, 4) is 0 Å². The first-order valence-corrected chi connectivity index (χ1v) is 13.3. The number of sulfonamides is 1. The number of amides is 1. The number of carbonyl (C=O) groups excluding carboxylic acids is 1. The van der Waals surface area contributed by atoms with E-state index < -0.39 is 27.6 Å². The summed E-state index contributed by atoms with van der Waals surface area (Å²) in [4.78, 5) is 21.7. The molecule has 2 aromatic rings. The number of carboxylic acid groups (broad SMARTS) is 1. The maximum atomic E-state index is 12.8. The van der Waals surface area contributed by atoms with Crippen LogP contribution in [0.1, 0.15) is 51.2 Å². The fourth-order valence-corrected chi connectivity index (χ4v) is 4.62. The molecule has 2 aromatic carbocycles. The lowest BCUT2D eigenvalue weighted by molar-refractivity contribution is -0.192. The van der Waals surface area contributed by atoms with Crippen LogP contribution in [0.5, 0.6) is 0 Å². The van der Waals surface area contributed by atoms with Gasteiger partial charge in [0, 0.05) is 25.9 Å². The van der Waals surface area contributed by atoms with E-state index in [1.54, 1.807) is 31.4 Å². The van der Waals surface area contributed by atoms with Crippen molar-refractivity contribution in [2.45, 2.75) is 61.9 Å². The van der Waals surface area contributed by atoms with Gasteiger partial charge in [-0.3, -0.25) is 9.52 Å². The normalized spacial score (nSPS) is 14.6. The van der Waals surface area contributed by atoms with Gasteiger partial charge in [0.1, 0.15) is 0 Å². The molecule has 0 saturated heterocycles. The number of anilines is 1. The second kappa shape index (κ2) is 12.2. The lowest BCUT2D eigenvalue weighted by atomic mass is 9.87. The molecule has 12 heteroatoms. The van der Waals surface area contributed by atoms with Crippen LogP contribution >= 0.6 is 0 Å². The van der Waals surface area contributed by atoms with Crippen molar-refractivity contribution in [3.05, 3.63) is 59.7 Å². The van der Waals surface area contributed by atoms with Gasteiger partial charge in [-0.2, -0.15) is 13.2 Å². The molecule has 0 bridgehead atoms. The molecule has 0 radical (unpaired) electrons. The SMILES string of the molecule is COCCCNC(=O)C1(c2ccc(NS(=O)(=O)c3ccc(C(C)(C)C)cc3)cc2)CC1.O=C(O)C(F)(F)F. The molecule has 0 atom stereocenters. The molecule has 210 valence electrons. The van der Waals surface area contributed by atoms with E-state index >= 15 is 0 Å². The Morgan fingerprint density at radius 2 is 1.53 bits per heavy atom. The average Bonchev–Trinajstić information content (AvgIpc) is 3.63. The Hall–Kier alpha value is -3.12. The molecule has 0 spiro atoms. The van der Waals surface area contributed by atoms with Gasteiger partial charge < -0.3 is 15.2 Å². The summed E-state index contributed by atoms with van der Waals surface area (Å²) in [6.07, 6.45) is -2.71. The standard InChI is InChI=1S/C24H32N2O4S.C2HF3O2/c1-23(2,3)18-8-12-21(13-9-18)31(28,29)26-20-10-6-19(7-11-20)24(14-15-24)22(27)25-16-5-17-30-4;3-2(4,5)1(6)7/h6-13,26H,5,14-17H2,1-4H3,(H,25,27);(H,6,7). The summed E-state index contributed by atoms with van der Waals surface area (Å²) in [6.45, 7) is 7.45. The summed E-state index contributed by atoms with van der Waals surface area (Å²) >= 11 is 0. The summed E-state index contributed by atoms with van der Waals surface area (Å²) in [6, 6.07) is 14.1. The minimum absolute atomic E-state index is 0.0240. The number of rotatable bonds is 9. The Balaban J connectivity index is 0.000000638. The predicted molar refractivity (Wildman–Crippen MR) is 136 cm³/mol. The van der Waals surface area contributed by atoms with Crippen molar-refractivity contribution in [2.24, 2.45) is 0 Å². The number of hydrogen-bond acceptors (Lipinski definition) is 5. The zero-order valence-corrected chi connectivity index (χ0v) is 22.5. The maximum absolute atomic E-state index is 12.8. The van der Waals surface area contributed by atoms with Crippen molar-refractivity contribution >= 4 is 27.6 Å². The van der Waals surface area contributed by atoms with Gasteiger partial charge in [0.05, 0.1) is 10.3 Å². The third-order valence-corrected chi connectivity index (χ3v) is 7.36. The van der Waals surface area contributed by atoms with E-state index in [9.17, 15) is 26.4 Å². The quantitative estimate of drug-likeness (QED) is 0.387. The van der Waals surface area contributed by atoms with Gasteiger partial charge in [-0.25, -0.2) is 13.2 Å². The summed E-state index contributed by atoms with van der Waals surface area (Å²) in [5.41, 5.74) is 1.92. The van der Waals surface area contributed by atoms with Gasteiger partial charge in [-0.05, 0) is 60.1 Å². The fraction of sp³-hybridized carbons (Fsp3) is 0.462. The van der Waals surface area contributed by atoms with Crippen LogP contribution in [0.2, 0.25) is 0 Å². The Labute approximate surface area is 220 Å². The molecule has 0 aliphatic heterocycles. The highest BCUT2D eigenvalue weighted by atomic mass is 32.2. The van der Waals surface area contributed by atoms with Crippen LogP contribution in [0.4, 0.5) is 18.9 Å². The van der Waals surface area contributed by atoms with Crippen molar-refractivity contribution in [1.82, 2.24) is 5.32 Å². The molecule has 3 rings (SSSR count). The van der Waals surface area contributed by atoms with Gasteiger partial charge in [-0.15, -0.1) is 0 Å². The number of nitrogens with one attached hydrogen (secondary N) is 2. The van der Waals surface area contributed by atoms with Crippen LogP contribution in [0, 0.1) is 0 Å². The van der Waals surface area contributed by atoms with Gasteiger partial charge in [-0.1, -0.05) is 45.0 Å². The third-order valence-electron chi connectivity index (χ3n) is 5.96. The van der Waals surface area contributed by atoms with Crippen molar-refractivity contribution in [3.63, 3.8) is 0 Å². The molecule has 1 saturated carbocycles. The second-order valence-electron chi connectivity index (χ2n) is 9.94. The molecule has 38 heavy (non-hydrogen) atoms. The minimum Gasteiger partial charge on any atom is -0.475 e. The monoisotopic (exact) mass is 558 g/mol. The summed E-state index contributed by atoms with van der Waals surface area (Å²) < 4.78 is 64.9. The summed E-state index contributed by atoms with van der Waals surface area (Å²) in [5, 5.41) is 10.1. The van der Waals surface area contributed by atoms with Crippen LogP contribution in [-0.2, 0) is 35.2 Å². The molecule has 1 aliphatic rings. The number of hydrogen-bond donors (Lipinski definition) is 3. The maximum Gasteiger partial charge on any atom is 0.490 e. The largest absolute Gasteiger partial charge is 0.490 e. The topological polar surface area (TPSA) is 122 Å². The zero-order valence-electron chi connectivity index (χ0n) is 21.7. The highest BCUT2D eigenvalue weighted by Crippen LogP contribution is 2.48. The highest BCUT2D eigenvalue weighted by molar-refractivity contribution is 7.92. The molecule has 1 amide bonds. The second-order valence-corrected chi connectivity index (χ2v) is 11.6. The summed E-state index contributed by atoms with van der Waals surface area (Å²) in [7, 11) is -2.04. The summed E-state index contributed by atoms with van der Waals surface area (Å²) in [5.74, 6) is -2.73. The van der Waals surface area contributed by atoms with E-state index in [4.69, 9.17) is 14.6 Å². The predicted octanol–water partition coefficient (Wildman–Crippen LogP) is 4.60. The Morgan fingerprint density at radius 1 is 1.00 bits per heavy atom. The molecule has 3 N–H and O–H groups in total. The third kappa shape index (κ3) is 8.45. The van der Waals surface area contributed by atoms with E-state index in [0.717, 1.165) is 30.4 Å². The van der Waals surface area contributed by atoms with Crippen molar-refractivity contribution < 1.29 is 41.0 Å². The molecule has 1 aliphatic carbocycles. The Bertz CT molecular complexity index is 1200. The fourth-order valence-electron chi connectivity index (χ4n) is 3.56. The van der Waals surface area contributed by atoms with Crippen molar-refractivity contribution in [1.29, 1.82) is 0 Å². The number of halogens is 3. The van der Waals surface area contributed by atoms with Crippen LogP contribution < -0.4 is 10.0 Å². The smallest absolute Gasteiger partial charge is 0.475 e. The molecule has 1 fully saturated rings. The number of carboxylic acids is 1. The Morgan fingerprint density at radius 3 is 1.95 bits per heavy atom. The molecule has 0 unspecified atom stereocenters. The molecular weight excluding hydrogens is 525 g/mol. The van der Waals surface area contributed by atoms with Crippen LogP contribution in [-0.4, -0.2) is 51.8 Å². The van der Waals surface area contributed by atoms with Gasteiger partial charge in [0.25, 0.3) is 10.0 Å². The number of aliphatic carboxylic acids is 1. The first-order chi connectivity index (χ1) is 17.5. The van der Waals surface area contributed by atoms with Crippen LogP contribution in [0.3, 0.4) is 0 Å². The lowest BCUT2D eigenvalue weighted by Gasteiger charge is -2.19. The minimum atomic E-state index is -5.08. The van der Waals surface area contributed by atoms with E-state index in [-0.39, 0.29) is 16.2 Å². The number of ether oxygens (including phenoxy) is 1. The van der Waals surface area contributed by atoms with Gasteiger partial charge >= 0.3 is 12.1 Å². The van der Waals surface area contributed by atoms with Crippen molar-refractivity contribution in [2.75, 3.05) is 25.0 Å². The van der Waals surface area contributed by atoms with Gasteiger partial charge in [0.15, 0.2) is 0 Å². The van der Waals surface area contributed by atoms with Crippen LogP contribution in [0.15, 0.2) is 53.4 Å². The molecule has 0 aromatic heterocycles. The number of carbonyl (C=O) groups is 2. The van der Waals surface area contributed by atoms with E-state index in [2.05, 4.69) is 30.8 Å². The first-order valence-electron chi connectivity index (χ1n) is 11.8. The number of alkyl halides is 3. The van der Waals surface area contributed by atoms with Crippen LogP contribution in [0.25, 0.3) is 0 Å². The van der Waals surface area contributed by atoms with Gasteiger partial charge in [0.2, 0.25) is 5.91 Å². The number of methoxy groups -OCH3 is 1. The van der Waals surface area contributed by atoms with E-state index in [1.165, 1.54) is 0 Å². The van der Waals surface area contributed by atoms with E-state index in [1.807, 2.05) is 24.3 Å². The molecule has 8 nitrogen and oxygen atoms in total. The highest BCUT2D eigenvalue weighted by Gasteiger charge is 2.51. The molecular formula is C26H33F3N2O6S. The first kappa shape index (κ1) is 31.1. The Kier molecular flexibility index (Phi) is 9.95. The molecule has 0 heterocycles. The lowest BCUT2D eigenvalue weighted by Crippen LogP contribution is -2.35. The zero-order chi connectivity index (χ0) is 28.8. The van der Waals surface area contributed by atoms with E-state index in [0.29, 0.717) is 18.8 Å². The number of benzene rings is 2. The average molecular weight is 559 g/mol.